The normalized spacial score (nSPS) is 10.1. The molecule has 0 bridgehead atoms. The molecular weight excluding hydrogens is 270 g/mol. The molecule has 102 valence electrons. The summed E-state index contributed by atoms with van der Waals surface area (Å²) in [6.07, 6.45) is 2.41. The molecule has 0 aliphatic heterocycles. The lowest BCUT2D eigenvalue weighted by atomic mass is 10.2. The zero-order valence-electron chi connectivity index (χ0n) is 9.93. The van der Waals surface area contributed by atoms with Crippen molar-refractivity contribution >= 4 is 17.6 Å². The zero-order chi connectivity index (χ0) is 14.7. The minimum Gasteiger partial charge on any atom is -0.478 e. The van der Waals surface area contributed by atoms with Gasteiger partial charge in [0, 0.05) is 11.8 Å². The number of rotatable bonds is 3. The molecule has 0 spiro atoms. The van der Waals surface area contributed by atoms with E-state index in [-0.39, 0.29) is 16.8 Å². The van der Waals surface area contributed by atoms with Gasteiger partial charge in [-0.05, 0) is 24.3 Å². The maximum Gasteiger partial charge on any atom is 0.337 e. The molecule has 0 radical (unpaired) electrons. The van der Waals surface area contributed by atoms with Gasteiger partial charge in [0.05, 0.1) is 17.4 Å². The van der Waals surface area contributed by atoms with Crippen LogP contribution in [0.4, 0.5) is 14.5 Å². The van der Waals surface area contributed by atoms with Gasteiger partial charge >= 0.3 is 5.97 Å². The topological polar surface area (TPSA) is 79.3 Å². The quantitative estimate of drug-likeness (QED) is 0.903. The average Bonchev–Trinajstić information content (AvgIpc) is 2.42. The van der Waals surface area contributed by atoms with Crippen molar-refractivity contribution in [1.82, 2.24) is 4.98 Å². The number of halogens is 2. The summed E-state index contributed by atoms with van der Waals surface area (Å²) < 4.78 is 25.8. The van der Waals surface area contributed by atoms with E-state index in [2.05, 4.69) is 10.3 Å². The molecule has 0 fully saturated rings. The third-order valence-electron chi connectivity index (χ3n) is 2.48. The summed E-state index contributed by atoms with van der Waals surface area (Å²) in [4.78, 5) is 26.5. The Bertz CT molecular complexity index is 689. The number of pyridine rings is 1. The number of carboxylic acids is 1. The van der Waals surface area contributed by atoms with Gasteiger partial charge in [-0.1, -0.05) is 0 Å². The summed E-state index contributed by atoms with van der Waals surface area (Å²) >= 11 is 0. The Labute approximate surface area is 111 Å². The predicted molar refractivity (Wildman–Crippen MR) is 65.5 cm³/mol. The number of aromatic carboxylic acids is 1. The van der Waals surface area contributed by atoms with E-state index in [1.807, 2.05) is 0 Å². The molecule has 0 saturated carbocycles. The van der Waals surface area contributed by atoms with Crippen LogP contribution < -0.4 is 5.32 Å². The first-order valence-electron chi connectivity index (χ1n) is 5.42. The first-order valence-corrected chi connectivity index (χ1v) is 5.42. The van der Waals surface area contributed by atoms with Gasteiger partial charge < -0.3 is 10.4 Å². The van der Waals surface area contributed by atoms with E-state index in [0.717, 1.165) is 24.4 Å². The Kier molecular flexibility index (Phi) is 3.69. The second kappa shape index (κ2) is 5.43. The van der Waals surface area contributed by atoms with Crippen LogP contribution in [0, 0.1) is 11.6 Å². The van der Waals surface area contributed by atoms with Gasteiger partial charge in [-0.3, -0.25) is 9.78 Å². The molecule has 0 aliphatic carbocycles. The smallest absolute Gasteiger partial charge is 0.337 e. The minimum atomic E-state index is -1.24. The molecular formula is C13H8F2N2O3. The van der Waals surface area contributed by atoms with Gasteiger partial charge in [0.2, 0.25) is 0 Å². The molecule has 5 nitrogen and oxygen atoms in total. The summed E-state index contributed by atoms with van der Waals surface area (Å²) in [5.74, 6) is -4.25. The number of nitrogens with one attached hydrogen (secondary N) is 1. The van der Waals surface area contributed by atoms with Crippen molar-refractivity contribution in [2.45, 2.75) is 0 Å². The molecule has 2 N–H and O–H groups in total. The number of nitrogens with zero attached hydrogens (tertiary/aromatic N) is 1. The predicted octanol–water partition coefficient (Wildman–Crippen LogP) is 2.31. The highest BCUT2D eigenvalue weighted by atomic mass is 19.2. The van der Waals surface area contributed by atoms with Crippen molar-refractivity contribution in [2.24, 2.45) is 0 Å². The van der Waals surface area contributed by atoms with Gasteiger partial charge in [0.25, 0.3) is 5.91 Å². The Morgan fingerprint density at radius 3 is 2.55 bits per heavy atom. The van der Waals surface area contributed by atoms with Gasteiger partial charge in [0.15, 0.2) is 11.6 Å². The van der Waals surface area contributed by atoms with Crippen molar-refractivity contribution in [3.05, 3.63) is 59.4 Å². The van der Waals surface area contributed by atoms with Gasteiger partial charge in [0.1, 0.15) is 0 Å². The summed E-state index contributed by atoms with van der Waals surface area (Å²) in [7, 11) is 0. The van der Waals surface area contributed by atoms with Crippen molar-refractivity contribution in [2.75, 3.05) is 5.32 Å². The number of hydrogen-bond donors (Lipinski definition) is 2. The molecule has 1 aromatic carbocycles. The molecule has 1 amide bonds. The van der Waals surface area contributed by atoms with Crippen LogP contribution in [0.2, 0.25) is 0 Å². The summed E-state index contributed by atoms with van der Waals surface area (Å²) in [6.45, 7) is 0. The number of carboxylic acid groups (broad SMARTS) is 1. The van der Waals surface area contributed by atoms with Crippen molar-refractivity contribution in [1.29, 1.82) is 0 Å². The third-order valence-corrected chi connectivity index (χ3v) is 2.48. The molecule has 1 aromatic heterocycles. The molecule has 0 unspecified atom stereocenters. The summed E-state index contributed by atoms with van der Waals surface area (Å²) in [6, 6.07) is 3.83. The van der Waals surface area contributed by atoms with Crippen LogP contribution in [-0.2, 0) is 0 Å². The highest BCUT2D eigenvalue weighted by Crippen LogP contribution is 2.16. The Hall–Kier alpha value is -2.83. The van der Waals surface area contributed by atoms with E-state index >= 15 is 0 Å². The monoisotopic (exact) mass is 278 g/mol. The standard InChI is InChI=1S/C13H8F2N2O3/c14-9-2-1-7(5-10(9)15)12(18)17-11-6-16-4-3-8(11)13(19)20/h1-6H,(H,17,18)(H,19,20). The molecule has 20 heavy (non-hydrogen) atoms. The van der Waals surface area contributed by atoms with Crippen LogP contribution >= 0.6 is 0 Å². The second-order valence-electron chi connectivity index (χ2n) is 3.81. The number of hydrogen-bond acceptors (Lipinski definition) is 3. The van der Waals surface area contributed by atoms with Gasteiger partial charge in [-0.2, -0.15) is 0 Å². The van der Waals surface area contributed by atoms with Gasteiger partial charge in [-0.25, -0.2) is 13.6 Å². The van der Waals surface area contributed by atoms with E-state index in [1.54, 1.807) is 0 Å². The lowest BCUT2D eigenvalue weighted by Crippen LogP contribution is -2.15. The maximum absolute atomic E-state index is 13.0. The summed E-state index contributed by atoms with van der Waals surface area (Å²) in [5.41, 5.74) is -0.324. The number of carbonyl (C=O) groups excluding carboxylic acids is 1. The van der Waals surface area contributed by atoms with Crippen molar-refractivity contribution in [3.63, 3.8) is 0 Å². The number of carbonyl (C=O) groups is 2. The lowest BCUT2D eigenvalue weighted by molar-refractivity contribution is 0.0698. The molecule has 0 atom stereocenters. The maximum atomic E-state index is 13.0. The fourth-order valence-corrected chi connectivity index (χ4v) is 1.51. The highest BCUT2D eigenvalue weighted by Gasteiger charge is 2.14. The highest BCUT2D eigenvalue weighted by molar-refractivity contribution is 6.07. The molecule has 0 aliphatic rings. The van der Waals surface area contributed by atoms with Crippen LogP contribution in [0.1, 0.15) is 20.7 Å². The SMILES string of the molecule is O=C(Nc1cnccc1C(=O)O)c1ccc(F)c(F)c1. The molecule has 7 heteroatoms. The first-order chi connectivity index (χ1) is 9.49. The fourth-order valence-electron chi connectivity index (χ4n) is 1.51. The van der Waals surface area contributed by atoms with Gasteiger partial charge in [-0.15, -0.1) is 0 Å². The Morgan fingerprint density at radius 1 is 1.15 bits per heavy atom. The number of aromatic nitrogens is 1. The van der Waals surface area contributed by atoms with E-state index < -0.39 is 23.5 Å². The molecule has 2 aromatic rings. The van der Waals surface area contributed by atoms with E-state index in [4.69, 9.17) is 5.11 Å². The van der Waals surface area contributed by atoms with E-state index in [9.17, 15) is 18.4 Å². The number of amides is 1. The Balaban J connectivity index is 2.28. The largest absolute Gasteiger partial charge is 0.478 e. The van der Waals surface area contributed by atoms with Crippen LogP contribution in [0.5, 0.6) is 0 Å². The Morgan fingerprint density at radius 2 is 1.90 bits per heavy atom. The zero-order valence-corrected chi connectivity index (χ0v) is 9.93. The minimum absolute atomic E-state index is 0.0327. The second-order valence-corrected chi connectivity index (χ2v) is 3.81. The number of benzene rings is 1. The van der Waals surface area contributed by atoms with Crippen molar-refractivity contribution in [3.8, 4) is 0 Å². The van der Waals surface area contributed by atoms with E-state index in [1.165, 1.54) is 12.3 Å². The van der Waals surface area contributed by atoms with Crippen LogP contribution in [0.15, 0.2) is 36.7 Å². The molecule has 2 rings (SSSR count). The van der Waals surface area contributed by atoms with E-state index in [0.29, 0.717) is 0 Å². The van der Waals surface area contributed by atoms with Crippen LogP contribution in [0.25, 0.3) is 0 Å². The third kappa shape index (κ3) is 2.77. The lowest BCUT2D eigenvalue weighted by Gasteiger charge is -2.07. The molecule has 1 heterocycles. The molecule has 0 saturated heterocycles. The fraction of sp³-hybridized carbons (Fsp3) is 0. The summed E-state index contributed by atoms with van der Waals surface area (Å²) in [5, 5.41) is 11.2. The number of anilines is 1. The van der Waals surface area contributed by atoms with Crippen LogP contribution in [0.3, 0.4) is 0 Å². The van der Waals surface area contributed by atoms with Crippen LogP contribution in [-0.4, -0.2) is 22.0 Å². The first kappa shape index (κ1) is 13.6. The van der Waals surface area contributed by atoms with Crippen molar-refractivity contribution < 1.29 is 23.5 Å². The average molecular weight is 278 g/mol.